The largest absolute Gasteiger partial charge is 0.321 e. The zero-order valence-electron chi connectivity index (χ0n) is 18.7. The number of anilines is 1. The van der Waals surface area contributed by atoms with Gasteiger partial charge in [0.1, 0.15) is 0 Å². The van der Waals surface area contributed by atoms with Gasteiger partial charge in [-0.25, -0.2) is 4.68 Å². The molecule has 0 aliphatic heterocycles. The molecule has 162 valence electrons. The first-order valence-electron chi connectivity index (χ1n) is 11.1. The van der Waals surface area contributed by atoms with Crippen molar-refractivity contribution >= 4 is 22.4 Å². The summed E-state index contributed by atoms with van der Waals surface area (Å²) in [5.41, 5.74) is 5.14. The van der Waals surface area contributed by atoms with Gasteiger partial charge in [-0.15, -0.1) is 0 Å². The van der Waals surface area contributed by atoms with E-state index in [-0.39, 0.29) is 5.91 Å². The number of nitrogens with one attached hydrogen (secondary N) is 1. The minimum atomic E-state index is -0.232. The van der Waals surface area contributed by atoms with Gasteiger partial charge < -0.3 is 5.32 Å². The number of aromatic nitrogens is 2. The second-order valence-electron chi connectivity index (χ2n) is 8.45. The zero-order valence-corrected chi connectivity index (χ0v) is 18.7. The Hall–Kier alpha value is -4.18. The predicted molar refractivity (Wildman–Crippen MR) is 135 cm³/mol. The van der Waals surface area contributed by atoms with Crippen LogP contribution < -0.4 is 5.32 Å². The van der Waals surface area contributed by atoms with Crippen molar-refractivity contribution in [2.24, 2.45) is 0 Å². The molecule has 0 fully saturated rings. The lowest BCUT2D eigenvalue weighted by molar-refractivity contribution is 0.102. The lowest BCUT2D eigenvalue weighted by Crippen LogP contribution is -2.13. The molecule has 0 unspecified atom stereocenters. The van der Waals surface area contributed by atoms with Gasteiger partial charge in [0.2, 0.25) is 0 Å². The Morgan fingerprint density at radius 2 is 1.48 bits per heavy atom. The molecule has 0 atom stereocenters. The molecule has 4 aromatic carbocycles. The predicted octanol–water partition coefficient (Wildman–Crippen LogP) is 7.07. The fourth-order valence-corrected chi connectivity index (χ4v) is 3.96. The molecule has 33 heavy (non-hydrogen) atoms. The fourth-order valence-electron chi connectivity index (χ4n) is 3.96. The highest BCUT2D eigenvalue weighted by Crippen LogP contribution is 2.28. The summed E-state index contributed by atoms with van der Waals surface area (Å²) in [6.07, 6.45) is 0. The third-order valence-electron chi connectivity index (χ3n) is 5.82. The molecule has 0 radical (unpaired) electrons. The van der Waals surface area contributed by atoms with E-state index in [4.69, 9.17) is 0 Å². The number of nitrogens with zero attached hydrogens (tertiary/aromatic N) is 2. The number of rotatable bonds is 5. The quantitative estimate of drug-likeness (QED) is 0.323. The van der Waals surface area contributed by atoms with E-state index in [1.54, 1.807) is 0 Å². The van der Waals surface area contributed by atoms with E-state index < -0.39 is 0 Å². The second kappa shape index (κ2) is 8.75. The molecule has 1 heterocycles. The molecule has 1 aromatic heterocycles. The Bertz CT molecular complexity index is 1420. The number of benzene rings is 4. The summed E-state index contributed by atoms with van der Waals surface area (Å²) in [4.78, 5) is 13.1. The maximum absolute atomic E-state index is 13.1. The van der Waals surface area contributed by atoms with E-state index >= 15 is 0 Å². The first-order valence-corrected chi connectivity index (χ1v) is 11.1. The van der Waals surface area contributed by atoms with Crippen molar-refractivity contribution in [1.82, 2.24) is 9.78 Å². The molecule has 4 nitrogen and oxygen atoms in total. The highest BCUT2D eigenvalue weighted by Gasteiger charge is 2.17. The fraction of sp³-hybridized carbons (Fsp3) is 0.103. The number of amides is 1. The van der Waals surface area contributed by atoms with Crippen LogP contribution in [0.5, 0.6) is 0 Å². The molecule has 1 amide bonds. The third-order valence-corrected chi connectivity index (χ3v) is 5.82. The Kier molecular flexibility index (Phi) is 5.49. The smallest absolute Gasteiger partial charge is 0.276 e. The van der Waals surface area contributed by atoms with Crippen molar-refractivity contribution in [3.8, 4) is 16.9 Å². The Labute approximate surface area is 193 Å². The molecule has 5 rings (SSSR count). The van der Waals surface area contributed by atoms with Crippen LogP contribution >= 0.6 is 0 Å². The van der Waals surface area contributed by atoms with Crippen molar-refractivity contribution in [1.29, 1.82) is 0 Å². The number of hydrogen-bond acceptors (Lipinski definition) is 2. The topological polar surface area (TPSA) is 46.9 Å². The summed E-state index contributed by atoms with van der Waals surface area (Å²) in [5.74, 6) is 0.213. The molecule has 0 bridgehead atoms. The highest BCUT2D eigenvalue weighted by molar-refractivity contribution is 6.03. The molecule has 0 saturated carbocycles. The summed E-state index contributed by atoms with van der Waals surface area (Å²) in [5, 5.41) is 9.99. The molecular formula is C29H25N3O. The summed E-state index contributed by atoms with van der Waals surface area (Å²) in [7, 11) is 0. The average molecular weight is 432 g/mol. The molecule has 0 aliphatic carbocycles. The van der Waals surface area contributed by atoms with Crippen LogP contribution in [0.1, 0.15) is 35.8 Å². The van der Waals surface area contributed by atoms with Gasteiger partial charge in [-0.1, -0.05) is 80.6 Å². The Morgan fingerprint density at radius 1 is 0.788 bits per heavy atom. The number of para-hydroxylation sites is 1. The molecule has 0 aliphatic rings. The summed E-state index contributed by atoms with van der Waals surface area (Å²) in [6.45, 7) is 4.30. The summed E-state index contributed by atoms with van der Waals surface area (Å²) < 4.78 is 1.83. The molecule has 0 spiro atoms. The second-order valence-corrected chi connectivity index (χ2v) is 8.45. The maximum atomic E-state index is 13.1. The van der Waals surface area contributed by atoms with E-state index in [0.29, 0.717) is 11.6 Å². The van der Waals surface area contributed by atoms with Gasteiger partial charge in [0.25, 0.3) is 5.91 Å². The van der Waals surface area contributed by atoms with Crippen LogP contribution in [-0.4, -0.2) is 15.7 Å². The van der Waals surface area contributed by atoms with Gasteiger partial charge in [-0.2, -0.15) is 5.10 Å². The minimum Gasteiger partial charge on any atom is -0.321 e. The van der Waals surface area contributed by atoms with Gasteiger partial charge in [0.05, 0.1) is 11.4 Å². The van der Waals surface area contributed by atoms with E-state index in [9.17, 15) is 4.79 Å². The SMILES string of the molecule is CC(C)c1ccc(NC(=O)c2cc(-c3ccc4ccccc4c3)n(-c3ccccc3)n2)cc1. The molecule has 1 N–H and O–H groups in total. The van der Waals surface area contributed by atoms with Crippen LogP contribution in [0.2, 0.25) is 0 Å². The van der Waals surface area contributed by atoms with Gasteiger partial charge in [0, 0.05) is 11.3 Å². The summed E-state index contributed by atoms with van der Waals surface area (Å²) >= 11 is 0. The Morgan fingerprint density at radius 3 is 2.21 bits per heavy atom. The first-order chi connectivity index (χ1) is 16.1. The normalized spacial score (nSPS) is 11.1. The van der Waals surface area contributed by atoms with Crippen molar-refractivity contribution < 1.29 is 4.79 Å². The maximum Gasteiger partial charge on any atom is 0.276 e. The van der Waals surface area contributed by atoms with E-state index in [1.807, 2.05) is 77.5 Å². The third kappa shape index (κ3) is 4.28. The zero-order chi connectivity index (χ0) is 22.8. The van der Waals surface area contributed by atoms with Crippen LogP contribution in [0.3, 0.4) is 0 Å². The van der Waals surface area contributed by atoms with Gasteiger partial charge >= 0.3 is 0 Å². The molecule has 0 saturated heterocycles. The molecular weight excluding hydrogens is 406 g/mol. The van der Waals surface area contributed by atoms with Gasteiger partial charge in [-0.3, -0.25) is 4.79 Å². The van der Waals surface area contributed by atoms with Crippen LogP contribution in [0.25, 0.3) is 27.7 Å². The van der Waals surface area contributed by atoms with Gasteiger partial charge in [-0.05, 0) is 58.7 Å². The van der Waals surface area contributed by atoms with Crippen molar-refractivity contribution in [2.75, 3.05) is 5.32 Å². The molecule has 4 heteroatoms. The first kappa shape index (κ1) is 20.7. The van der Waals surface area contributed by atoms with E-state index in [2.05, 4.69) is 54.6 Å². The van der Waals surface area contributed by atoms with Crippen molar-refractivity contribution in [3.63, 3.8) is 0 Å². The minimum absolute atomic E-state index is 0.232. The van der Waals surface area contributed by atoms with Crippen LogP contribution in [0.15, 0.2) is 103 Å². The Balaban J connectivity index is 1.53. The lowest BCUT2D eigenvalue weighted by Gasteiger charge is -2.08. The number of hydrogen-bond donors (Lipinski definition) is 1. The molecule has 5 aromatic rings. The number of carbonyl (C=O) groups is 1. The van der Waals surface area contributed by atoms with Crippen LogP contribution in [0, 0.1) is 0 Å². The van der Waals surface area contributed by atoms with Gasteiger partial charge in [0.15, 0.2) is 5.69 Å². The van der Waals surface area contributed by atoms with Crippen LogP contribution in [0.4, 0.5) is 5.69 Å². The summed E-state index contributed by atoms with van der Waals surface area (Å²) in [6, 6.07) is 34.3. The lowest BCUT2D eigenvalue weighted by atomic mass is 10.0. The van der Waals surface area contributed by atoms with Crippen molar-refractivity contribution in [3.05, 3.63) is 114 Å². The monoisotopic (exact) mass is 431 g/mol. The van der Waals surface area contributed by atoms with E-state index in [0.717, 1.165) is 28.0 Å². The average Bonchev–Trinajstić information content (AvgIpc) is 3.30. The van der Waals surface area contributed by atoms with E-state index in [1.165, 1.54) is 10.9 Å². The number of carbonyl (C=O) groups excluding carboxylic acids is 1. The number of fused-ring (bicyclic) bond motifs is 1. The standard InChI is InChI=1S/C29H25N3O/c1-20(2)21-14-16-25(17-15-21)30-29(33)27-19-28(32(31-27)26-10-4-3-5-11-26)24-13-12-22-8-6-7-9-23(22)18-24/h3-20H,1-2H3,(H,30,33). The highest BCUT2D eigenvalue weighted by atomic mass is 16.1. The van der Waals surface area contributed by atoms with Crippen LogP contribution in [-0.2, 0) is 0 Å². The van der Waals surface area contributed by atoms with Crippen molar-refractivity contribution in [2.45, 2.75) is 19.8 Å².